The van der Waals surface area contributed by atoms with Crippen molar-refractivity contribution in [2.75, 3.05) is 0 Å². The van der Waals surface area contributed by atoms with Crippen LogP contribution < -0.4 is 5.73 Å². The number of aryl methyl sites for hydroxylation is 1. The second-order valence-corrected chi connectivity index (χ2v) is 3.92. The number of rotatable bonds is 2. The maximum atomic E-state index is 13.5. The van der Waals surface area contributed by atoms with E-state index in [1.165, 1.54) is 6.07 Å². The molecule has 84 valence electrons. The zero-order valence-corrected chi connectivity index (χ0v) is 9.31. The molecule has 0 fully saturated rings. The van der Waals surface area contributed by atoms with Gasteiger partial charge in [0.05, 0.1) is 12.0 Å². The summed E-state index contributed by atoms with van der Waals surface area (Å²) in [4.78, 5) is 3.98. The molecule has 0 amide bonds. The van der Waals surface area contributed by atoms with Gasteiger partial charge in [-0.05, 0) is 37.1 Å². The van der Waals surface area contributed by atoms with Gasteiger partial charge in [0.1, 0.15) is 5.82 Å². The van der Waals surface area contributed by atoms with Gasteiger partial charge in [-0.25, -0.2) is 9.37 Å². The Kier molecular flexibility index (Phi) is 2.75. The van der Waals surface area contributed by atoms with E-state index in [2.05, 4.69) is 4.98 Å². The number of hydrogen-bond donors (Lipinski definition) is 1. The van der Waals surface area contributed by atoms with Crippen LogP contribution in [0.4, 0.5) is 4.39 Å². The lowest BCUT2D eigenvalue weighted by atomic mass is 10.0. The van der Waals surface area contributed by atoms with Crippen LogP contribution in [0.1, 0.15) is 24.1 Å². The van der Waals surface area contributed by atoms with E-state index < -0.39 is 0 Å². The minimum Gasteiger partial charge on any atom is -0.324 e. The second-order valence-electron chi connectivity index (χ2n) is 3.92. The molecule has 1 aromatic heterocycles. The zero-order valence-electron chi connectivity index (χ0n) is 9.31. The summed E-state index contributed by atoms with van der Waals surface area (Å²) in [7, 11) is 0. The molecule has 0 aliphatic heterocycles. The fourth-order valence-electron chi connectivity index (χ4n) is 1.67. The quantitative estimate of drug-likeness (QED) is 0.842. The van der Waals surface area contributed by atoms with Crippen LogP contribution in [0.15, 0.2) is 30.9 Å². The van der Waals surface area contributed by atoms with Gasteiger partial charge >= 0.3 is 0 Å². The SMILES string of the molecule is Cc1cc(-n2ccnc2)c(C(C)N)cc1F. The summed E-state index contributed by atoms with van der Waals surface area (Å²) in [6.45, 7) is 3.57. The van der Waals surface area contributed by atoms with Gasteiger partial charge in [0, 0.05) is 18.4 Å². The van der Waals surface area contributed by atoms with Crippen LogP contribution >= 0.6 is 0 Å². The first-order valence-electron chi connectivity index (χ1n) is 5.13. The summed E-state index contributed by atoms with van der Waals surface area (Å²) in [5, 5.41) is 0. The minimum absolute atomic E-state index is 0.215. The third kappa shape index (κ3) is 1.84. The van der Waals surface area contributed by atoms with Gasteiger partial charge in [0.15, 0.2) is 0 Å². The summed E-state index contributed by atoms with van der Waals surface area (Å²) in [5.74, 6) is -0.226. The van der Waals surface area contributed by atoms with Crippen molar-refractivity contribution in [3.05, 3.63) is 47.8 Å². The Labute approximate surface area is 93.7 Å². The first-order valence-corrected chi connectivity index (χ1v) is 5.13. The molecule has 0 spiro atoms. The van der Waals surface area contributed by atoms with E-state index >= 15 is 0 Å². The highest BCUT2D eigenvalue weighted by atomic mass is 19.1. The number of halogens is 1. The summed E-state index contributed by atoms with van der Waals surface area (Å²) in [6, 6.07) is 3.07. The summed E-state index contributed by atoms with van der Waals surface area (Å²) < 4.78 is 15.3. The van der Waals surface area contributed by atoms with Crippen molar-refractivity contribution in [3.8, 4) is 5.69 Å². The Morgan fingerprint density at radius 3 is 2.75 bits per heavy atom. The molecule has 0 saturated heterocycles. The molecule has 1 unspecified atom stereocenters. The lowest BCUT2D eigenvalue weighted by Gasteiger charge is -2.14. The maximum absolute atomic E-state index is 13.5. The monoisotopic (exact) mass is 219 g/mol. The number of imidazole rings is 1. The lowest BCUT2D eigenvalue weighted by molar-refractivity contribution is 0.612. The van der Waals surface area contributed by atoms with E-state index in [0.717, 1.165) is 11.3 Å². The van der Waals surface area contributed by atoms with E-state index in [9.17, 15) is 4.39 Å². The molecule has 0 bridgehead atoms. The van der Waals surface area contributed by atoms with Gasteiger partial charge in [0.2, 0.25) is 0 Å². The number of hydrogen-bond acceptors (Lipinski definition) is 2. The van der Waals surface area contributed by atoms with Crippen LogP contribution in [-0.4, -0.2) is 9.55 Å². The highest BCUT2D eigenvalue weighted by Gasteiger charge is 2.11. The third-order valence-electron chi connectivity index (χ3n) is 2.58. The van der Waals surface area contributed by atoms with Gasteiger partial charge in [-0.1, -0.05) is 0 Å². The van der Waals surface area contributed by atoms with Crippen LogP contribution in [0, 0.1) is 12.7 Å². The van der Waals surface area contributed by atoms with Crippen LogP contribution in [0.3, 0.4) is 0 Å². The van der Waals surface area contributed by atoms with Crippen molar-refractivity contribution in [2.45, 2.75) is 19.9 Å². The number of nitrogens with two attached hydrogens (primary N) is 1. The predicted octanol–water partition coefficient (Wildman–Crippen LogP) is 2.34. The van der Waals surface area contributed by atoms with Crippen LogP contribution in [0.25, 0.3) is 5.69 Å². The van der Waals surface area contributed by atoms with Crippen LogP contribution in [-0.2, 0) is 0 Å². The summed E-state index contributed by atoms with van der Waals surface area (Å²) >= 11 is 0. The molecule has 2 aromatic rings. The third-order valence-corrected chi connectivity index (χ3v) is 2.58. The fraction of sp³-hybridized carbons (Fsp3) is 0.250. The van der Waals surface area contributed by atoms with Crippen molar-refractivity contribution in [1.29, 1.82) is 0 Å². The normalized spacial score (nSPS) is 12.8. The molecule has 3 nitrogen and oxygen atoms in total. The highest BCUT2D eigenvalue weighted by Crippen LogP contribution is 2.23. The van der Waals surface area contributed by atoms with Gasteiger partial charge in [-0.15, -0.1) is 0 Å². The van der Waals surface area contributed by atoms with E-state index in [0.29, 0.717) is 5.56 Å². The van der Waals surface area contributed by atoms with Gasteiger partial charge in [0.25, 0.3) is 0 Å². The minimum atomic E-state index is -0.226. The molecule has 0 aliphatic carbocycles. The molecule has 0 aliphatic rings. The highest BCUT2D eigenvalue weighted by molar-refractivity contribution is 5.45. The smallest absolute Gasteiger partial charge is 0.126 e. The molecular formula is C12H14FN3. The van der Waals surface area contributed by atoms with Crippen LogP contribution in [0.2, 0.25) is 0 Å². The Morgan fingerprint density at radius 1 is 1.44 bits per heavy atom. The number of nitrogens with zero attached hydrogens (tertiary/aromatic N) is 2. The van der Waals surface area contributed by atoms with Crippen molar-refractivity contribution in [1.82, 2.24) is 9.55 Å². The van der Waals surface area contributed by atoms with E-state index in [-0.39, 0.29) is 11.9 Å². The molecular weight excluding hydrogens is 205 g/mol. The van der Waals surface area contributed by atoms with Gasteiger partial charge in [-0.3, -0.25) is 0 Å². The van der Waals surface area contributed by atoms with Crippen molar-refractivity contribution in [3.63, 3.8) is 0 Å². The summed E-state index contributed by atoms with van der Waals surface area (Å²) in [6.07, 6.45) is 5.18. The molecule has 2 N–H and O–H groups in total. The molecule has 16 heavy (non-hydrogen) atoms. The first kappa shape index (κ1) is 10.8. The van der Waals surface area contributed by atoms with Crippen LogP contribution in [0.5, 0.6) is 0 Å². The van der Waals surface area contributed by atoms with Crippen molar-refractivity contribution >= 4 is 0 Å². The fourth-order valence-corrected chi connectivity index (χ4v) is 1.67. The molecule has 4 heteroatoms. The molecule has 2 rings (SSSR count). The zero-order chi connectivity index (χ0) is 11.7. The topological polar surface area (TPSA) is 43.8 Å². The van der Waals surface area contributed by atoms with Gasteiger partial charge < -0.3 is 10.3 Å². The summed E-state index contributed by atoms with van der Waals surface area (Å²) in [5.41, 5.74) is 8.10. The molecule has 1 heterocycles. The average molecular weight is 219 g/mol. The molecule has 1 atom stereocenters. The Balaban J connectivity index is 2.63. The standard InChI is InChI=1S/C12H14FN3/c1-8-5-12(16-4-3-15-7-16)10(9(2)14)6-11(8)13/h3-7,9H,14H2,1-2H3. The molecule has 0 radical (unpaired) electrons. The molecule has 0 saturated carbocycles. The molecule has 1 aromatic carbocycles. The maximum Gasteiger partial charge on any atom is 0.126 e. The predicted molar refractivity (Wildman–Crippen MR) is 60.9 cm³/mol. The average Bonchev–Trinajstić information content (AvgIpc) is 2.74. The Morgan fingerprint density at radius 2 is 2.19 bits per heavy atom. The van der Waals surface area contributed by atoms with E-state index in [1.807, 2.05) is 17.7 Å². The number of benzene rings is 1. The lowest BCUT2D eigenvalue weighted by Crippen LogP contribution is -2.10. The van der Waals surface area contributed by atoms with Gasteiger partial charge in [-0.2, -0.15) is 0 Å². The van der Waals surface area contributed by atoms with Crippen molar-refractivity contribution < 1.29 is 4.39 Å². The number of aromatic nitrogens is 2. The Hall–Kier alpha value is -1.68. The Bertz CT molecular complexity index is 489. The van der Waals surface area contributed by atoms with Crippen molar-refractivity contribution in [2.24, 2.45) is 5.73 Å². The van der Waals surface area contributed by atoms with E-state index in [1.54, 1.807) is 25.5 Å². The first-order chi connectivity index (χ1) is 7.59. The van der Waals surface area contributed by atoms with E-state index in [4.69, 9.17) is 5.73 Å². The second kappa shape index (κ2) is 4.06. The largest absolute Gasteiger partial charge is 0.324 e.